The number of aromatic amines is 1. The minimum Gasteiger partial charge on any atom is -0.405 e. The number of nitrogens with one attached hydrogen (secondary N) is 1. The first-order valence-electron chi connectivity index (χ1n) is 8.82. The van der Waals surface area contributed by atoms with E-state index in [0.717, 1.165) is 0 Å². The number of H-pyrrole nitrogens is 1. The van der Waals surface area contributed by atoms with Gasteiger partial charge in [-0.2, -0.15) is 0 Å². The molecule has 0 saturated heterocycles. The van der Waals surface area contributed by atoms with E-state index in [1.54, 1.807) is 24.5 Å². The second kappa shape index (κ2) is 7.63. The van der Waals surface area contributed by atoms with Crippen LogP contribution < -0.4 is 10.3 Å². The van der Waals surface area contributed by atoms with Gasteiger partial charge in [-0.25, -0.2) is 15.0 Å². The summed E-state index contributed by atoms with van der Waals surface area (Å²) in [6.45, 7) is 1.09. The maximum absolute atomic E-state index is 12.7. The smallest absolute Gasteiger partial charge is 0.405 e. The van der Waals surface area contributed by atoms with Crippen molar-refractivity contribution in [2.45, 2.75) is 25.9 Å². The van der Waals surface area contributed by atoms with Crippen LogP contribution in [-0.2, 0) is 19.5 Å². The minimum atomic E-state index is -4.76. The first-order valence-corrected chi connectivity index (χ1v) is 8.82. The van der Waals surface area contributed by atoms with E-state index in [1.807, 2.05) is 4.90 Å². The molecule has 1 aromatic carbocycles. The highest BCUT2D eigenvalue weighted by molar-refractivity contribution is 5.52. The lowest BCUT2D eigenvalue weighted by molar-refractivity contribution is -0.275. The summed E-state index contributed by atoms with van der Waals surface area (Å²) in [5.41, 5.74) is 1.94. The molecule has 7 nitrogen and oxygen atoms in total. The van der Waals surface area contributed by atoms with Crippen LogP contribution in [0.4, 0.5) is 13.2 Å². The lowest BCUT2D eigenvalue weighted by Crippen LogP contribution is -2.35. The highest BCUT2D eigenvalue weighted by Crippen LogP contribution is 2.28. The summed E-state index contributed by atoms with van der Waals surface area (Å²) < 4.78 is 42.1. The molecule has 0 fully saturated rings. The van der Waals surface area contributed by atoms with Crippen molar-refractivity contribution in [3.05, 3.63) is 70.2 Å². The number of halogens is 3. The molecule has 10 heteroatoms. The fourth-order valence-electron chi connectivity index (χ4n) is 3.29. The Morgan fingerprint density at radius 1 is 1.17 bits per heavy atom. The summed E-state index contributed by atoms with van der Waals surface area (Å²) in [5.74, 6) is 0.129. The highest BCUT2D eigenvalue weighted by Gasteiger charge is 2.32. The Morgan fingerprint density at radius 2 is 1.93 bits per heavy atom. The van der Waals surface area contributed by atoms with Crippen LogP contribution in [0.15, 0.2) is 47.8 Å². The third-order valence-corrected chi connectivity index (χ3v) is 4.58. The van der Waals surface area contributed by atoms with Gasteiger partial charge < -0.3 is 9.72 Å². The number of aromatic nitrogens is 4. The highest BCUT2D eigenvalue weighted by atomic mass is 19.4. The summed E-state index contributed by atoms with van der Waals surface area (Å²) in [6, 6.07) is 6.03. The van der Waals surface area contributed by atoms with Gasteiger partial charge in [-0.1, -0.05) is 18.2 Å². The molecule has 0 aliphatic carbocycles. The van der Waals surface area contributed by atoms with E-state index in [4.69, 9.17) is 0 Å². The SMILES string of the molecule is O=c1[nH]c(-c2cncnc2)nc2c1CCN(Cc1ccccc1OC(F)(F)F)C2. The van der Waals surface area contributed by atoms with Crippen LogP contribution in [0.3, 0.4) is 0 Å². The zero-order valence-corrected chi connectivity index (χ0v) is 15.1. The van der Waals surface area contributed by atoms with Crippen LogP contribution in [0.25, 0.3) is 11.4 Å². The van der Waals surface area contributed by atoms with Crippen molar-refractivity contribution in [3.8, 4) is 17.1 Å². The summed E-state index contributed by atoms with van der Waals surface area (Å²) in [5, 5.41) is 0. The molecule has 29 heavy (non-hydrogen) atoms. The summed E-state index contributed by atoms with van der Waals surface area (Å²) in [4.78, 5) is 29.5. The van der Waals surface area contributed by atoms with E-state index in [0.29, 0.717) is 47.7 Å². The van der Waals surface area contributed by atoms with Gasteiger partial charge in [0.1, 0.15) is 17.9 Å². The number of benzene rings is 1. The number of para-hydroxylation sites is 1. The number of hydrogen-bond acceptors (Lipinski definition) is 6. The molecule has 1 aliphatic rings. The molecule has 0 unspecified atom stereocenters. The topological polar surface area (TPSA) is 84.0 Å². The first kappa shape index (κ1) is 19.1. The Kier molecular flexibility index (Phi) is 5.01. The lowest BCUT2D eigenvalue weighted by Gasteiger charge is -2.28. The molecule has 2 aromatic heterocycles. The van der Waals surface area contributed by atoms with Crippen LogP contribution >= 0.6 is 0 Å². The van der Waals surface area contributed by atoms with Crippen molar-refractivity contribution in [1.82, 2.24) is 24.8 Å². The second-order valence-corrected chi connectivity index (χ2v) is 6.58. The Hall–Kier alpha value is -3.27. The summed E-state index contributed by atoms with van der Waals surface area (Å²) in [7, 11) is 0. The molecule has 3 aromatic rings. The molecule has 150 valence electrons. The van der Waals surface area contributed by atoms with Gasteiger partial charge in [-0.05, 0) is 12.5 Å². The summed E-state index contributed by atoms with van der Waals surface area (Å²) >= 11 is 0. The van der Waals surface area contributed by atoms with Crippen LogP contribution in [-0.4, -0.2) is 37.7 Å². The Bertz CT molecular complexity index is 1070. The zero-order valence-electron chi connectivity index (χ0n) is 15.1. The Morgan fingerprint density at radius 3 is 2.69 bits per heavy atom. The number of hydrogen-bond donors (Lipinski definition) is 1. The molecule has 1 N–H and O–H groups in total. The quantitative estimate of drug-likeness (QED) is 0.721. The minimum absolute atomic E-state index is 0.227. The van der Waals surface area contributed by atoms with E-state index in [1.165, 1.54) is 18.5 Å². The van der Waals surface area contributed by atoms with Crippen LogP contribution in [0, 0.1) is 0 Å². The normalized spacial score (nSPS) is 14.4. The molecule has 0 bridgehead atoms. The maximum atomic E-state index is 12.7. The second-order valence-electron chi connectivity index (χ2n) is 6.58. The largest absolute Gasteiger partial charge is 0.573 e. The predicted molar refractivity (Wildman–Crippen MR) is 96.8 cm³/mol. The van der Waals surface area contributed by atoms with Crippen molar-refractivity contribution in [2.24, 2.45) is 0 Å². The number of alkyl halides is 3. The molecule has 0 saturated carbocycles. The third-order valence-electron chi connectivity index (χ3n) is 4.58. The van der Waals surface area contributed by atoms with Gasteiger partial charge in [-0.3, -0.25) is 9.69 Å². The van der Waals surface area contributed by atoms with Crippen molar-refractivity contribution in [1.29, 1.82) is 0 Å². The van der Waals surface area contributed by atoms with E-state index >= 15 is 0 Å². The molecular formula is C19H16F3N5O2. The van der Waals surface area contributed by atoms with Gasteiger partial charge >= 0.3 is 6.36 Å². The van der Waals surface area contributed by atoms with Gasteiger partial charge in [0, 0.05) is 43.2 Å². The molecule has 0 amide bonds. The van der Waals surface area contributed by atoms with Crippen LogP contribution in [0.1, 0.15) is 16.8 Å². The number of rotatable bonds is 4. The van der Waals surface area contributed by atoms with Crippen molar-refractivity contribution in [2.75, 3.05) is 6.54 Å². The van der Waals surface area contributed by atoms with Crippen molar-refractivity contribution in [3.63, 3.8) is 0 Å². The third kappa shape index (κ3) is 4.43. The molecule has 0 radical (unpaired) electrons. The molecule has 1 aliphatic heterocycles. The first-order chi connectivity index (χ1) is 13.9. The van der Waals surface area contributed by atoms with Gasteiger partial charge in [-0.15, -0.1) is 13.2 Å². The Labute approximate surface area is 163 Å². The Balaban J connectivity index is 1.58. The lowest BCUT2D eigenvalue weighted by atomic mass is 10.0. The molecule has 4 rings (SSSR count). The van der Waals surface area contributed by atoms with Crippen molar-refractivity contribution < 1.29 is 17.9 Å². The molecule has 0 atom stereocenters. The summed E-state index contributed by atoms with van der Waals surface area (Å²) in [6.07, 6.45) is 0.159. The van der Waals surface area contributed by atoms with E-state index in [2.05, 4.69) is 24.7 Å². The maximum Gasteiger partial charge on any atom is 0.573 e. The fraction of sp³-hybridized carbons (Fsp3) is 0.263. The number of ether oxygens (including phenoxy) is 1. The van der Waals surface area contributed by atoms with Gasteiger partial charge in [0.05, 0.1) is 11.3 Å². The fourth-order valence-corrected chi connectivity index (χ4v) is 3.29. The van der Waals surface area contributed by atoms with E-state index in [9.17, 15) is 18.0 Å². The van der Waals surface area contributed by atoms with Gasteiger partial charge in [0.25, 0.3) is 5.56 Å². The van der Waals surface area contributed by atoms with E-state index in [-0.39, 0.29) is 17.9 Å². The van der Waals surface area contributed by atoms with Crippen LogP contribution in [0.5, 0.6) is 5.75 Å². The number of nitrogens with zero attached hydrogens (tertiary/aromatic N) is 4. The number of fused-ring (bicyclic) bond motifs is 1. The average molecular weight is 403 g/mol. The van der Waals surface area contributed by atoms with Gasteiger partial charge in [0.15, 0.2) is 0 Å². The standard InChI is InChI=1S/C19H16F3N5O2/c20-19(21,22)29-16-4-2-1-3-12(16)9-27-6-5-14-15(10-27)25-17(26-18(14)28)13-7-23-11-24-8-13/h1-4,7-8,11H,5-6,9-10H2,(H,25,26,28). The van der Waals surface area contributed by atoms with E-state index < -0.39 is 6.36 Å². The zero-order chi connectivity index (χ0) is 20.4. The monoisotopic (exact) mass is 403 g/mol. The molecule has 0 spiro atoms. The van der Waals surface area contributed by atoms with Gasteiger partial charge in [0.2, 0.25) is 0 Å². The predicted octanol–water partition coefficient (Wildman–Crippen LogP) is 2.68. The van der Waals surface area contributed by atoms with Crippen LogP contribution in [0.2, 0.25) is 0 Å². The van der Waals surface area contributed by atoms with Crippen molar-refractivity contribution >= 4 is 0 Å². The average Bonchev–Trinajstić information content (AvgIpc) is 2.69. The molecule has 3 heterocycles. The molecular weight excluding hydrogens is 387 g/mol.